The Hall–Kier alpha value is -3.30. The fraction of sp³-hybridized carbons (Fsp3) is 0.417. The molecule has 2 heterocycles. The first-order chi connectivity index (χ1) is 18.2. The van der Waals surface area contributed by atoms with Gasteiger partial charge in [0.2, 0.25) is 11.7 Å². The quantitative estimate of drug-likeness (QED) is 0.273. The number of carbonyl (C=O) groups excluding carboxylic acids is 2. The minimum Gasteiger partial charge on any atom is -0.383 e. The summed E-state index contributed by atoms with van der Waals surface area (Å²) < 4.78 is 21.5. The number of hydrogen-bond donors (Lipinski definition) is 3. The van der Waals surface area contributed by atoms with Crippen LogP contribution in [0, 0.1) is 11.2 Å². The number of halogens is 1. The number of rotatable bonds is 9. The lowest BCUT2D eigenvalue weighted by atomic mass is 9.27. The summed E-state index contributed by atoms with van der Waals surface area (Å²) in [6.45, 7) is 7.59. The fourth-order valence-electron chi connectivity index (χ4n) is 5.43. The molecule has 0 aliphatic heterocycles. The Bertz CT molecular complexity index is 1390. The van der Waals surface area contributed by atoms with Gasteiger partial charge in [0.1, 0.15) is 22.8 Å². The Kier molecular flexibility index (Phi) is 8.54. The molecule has 206 valence electrons. The van der Waals surface area contributed by atoms with E-state index >= 15 is 0 Å². The summed E-state index contributed by atoms with van der Waals surface area (Å²) in [6, 6.07) is 6.91. The third-order valence-electron chi connectivity index (χ3n) is 6.79. The lowest BCUT2D eigenvalue weighted by Crippen LogP contribution is -2.40. The van der Waals surface area contributed by atoms with Crippen LogP contribution in [0.25, 0.3) is 11.3 Å². The van der Waals surface area contributed by atoms with Crippen LogP contribution in [-0.4, -0.2) is 73.8 Å². The molecule has 1 unspecified atom stereocenters. The van der Waals surface area contributed by atoms with Gasteiger partial charge in [0.15, 0.2) is 0 Å². The molecule has 0 fully saturated rings. The molecule has 16 heteroatoms. The minimum absolute atomic E-state index is 0.129. The van der Waals surface area contributed by atoms with Crippen molar-refractivity contribution in [1.82, 2.24) is 14.9 Å². The van der Waals surface area contributed by atoms with Gasteiger partial charge in [-0.3, -0.25) is 14.9 Å². The van der Waals surface area contributed by atoms with Gasteiger partial charge >= 0.3 is 0 Å². The summed E-state index contributed by atoms with van der Waals surface area (Å²) in [7, 11) is 12.6. The van der Waals surface area contributed by atoms with E-state index in [0.717, 1.165) is 0 Å². The van der Waals surface area contributed by atoms with Gasteiger partial charge in [-0.1, -0.05) is 60.4 Å². The highest BCUT2D eigenvalue weighted by Crippen LogP contribution is 2.45. The van der Waals surface area contributed by atoms with Crippen LogP contribution >= 0.6 is 0 Å². The number of nitrogen functional groups attached to an aromatic ring is 1. The molecule has 0 aliphatic rings. The first-order valence-corrected chi connectivity index (χ1v) is 13.5. The molecular formula is C24H37B6FN6O3. The number of hydrogen-bond acceptors (Lipinski definition) is 6. The molecule has 9 nitrogen and oxygen atoms in total. The van der Waals surface area contributed by atoms with Crippen molar-refractivity contribution in [1.29, 1.82) is 0 Å². The van der Waals surface area contributed by atoms with E-state index in [2.05, 4.69) is 57.6 Å². The topological polar surface area (TPSA) is 142 Å². The van der Waals surface area contributed by atoms with E-state index in [4.69, 9.17) is 21.1 Å². The first kappa shape index (κ1) is 31.2. The average molecular weight is 541 g/mol. The van der Waals surface area contributed by atoms with Crippen molar-refractivity contribution in [2.45, 2.75) is 56.3 Å². The van der Waals surface area contributed by atoms with Gasteiger partial charge < -0.3 is 16.0 Å². The van der Waals surface area contributed by atoms with Crippen molar-refractivity contribution in [2.75, 3.05) is 11.1 Å². The lowest BCUT2D eigenvalue weighted by molar-refractivity contribution is -0.117. The summed E-state index contributed by atoms with van der Waals surface area (Å²) in [6.07, 6.45) is 0.370. The van der Waals surface area contributed by atoms with Crippen molar-refractivity contribution in [3.05, 3.63) is 46.9 Å². The second kappa shape index (κ2) is 10.9. The molecule has 0 saturated heterocycles. The summed E-state index contributed by atoms with van der Waals surface area (Å²) in [5, 5.41) is 10.6. The number of amides is 2. The van der Waals surface area contributed by atoms with E-state index in [1.165, 1.54) is 0 Å². The van der Waals surface area contributed by atoms with Crippen LogP contribution in [0.1, 0.15) is 61.3 Å². The number of nitrogens with two attached hydrogens (primary N) is 2. The molecule has 0 radical (unpaired) electrons. The van der Waals surface area contributed by atoms with Crippen LogP contribution < -0.4 is 16.8 Å². The van der Waals surface area contributed by atoms with Crippen LogP contribution in [0.15, 0.2) is 28.8 Å². The average Bonchev–Trinajstić information content (AvgIpc) is 3.30. The highest BCUT2D eigenvalue weighted by Gasteiger charge is 2.39. The summed E-state index contributed by atoms with van der Waals surface area (Å²) in [5.74, 6) is -2.50. The van der Waals surface area contributed by atoms with E-state index in [1.807, 2.05) is 20.8 Å². The monoisotopic (exact) mass is 542 g/mol. The normalized spacial score (nSPS) is 13.3. The van der Waals surface area contributed by atoms with Crippen molar-refractivity contribution in [3.63, 3.8) is 0 Å². The fourth-order valence-corrected chi connectivity index (χ4v) is 5.43. The maximum Gasteiger partial charge on any atom is 0.267 e. The number of anilines is 2. The third kappa shape index (κ3) is 6.70. The van der Waals surface area contributed by atoms with E-state index in [-0.39, 0.29) is 44.6 Å². The zero-order valence-corrected chi connectivity index (χ0v) is 25.3. The van der Waals surface area contributed by atoms with E-state index < -0.39 is 23.5 Å². The number of nitrogens with one attached hydrogen (secondary N) is 1. The number of carbonyl (C=O) groups is 2. The molecule has 2 aromatic heterocycles. The van der Waals surface area contributed by atoms with Gasteiger partial charge in [-0.25, -0.2) is 4.68 Å². The maximum atomic E-state index is 14.7. The first-order valence-electron chi connectivity index (χ1n) is 13.5. The number of benzene rings is 1. The van der Waals surface area contributed by atoms with Crippen molar-refractivity contribution in [3.8, 4) is 11.3 Å². The van der Waals surface area contributed by atoms with Crippen LogP contribution in [0.2, 0.25) is 10.2 Å². The molecule has 3 rings (SSSR count). The van der Waals surface area contributed by atoms with E-state index in [9.17, 15) is 14.0 Å². The Morgan fingerprint density at radius 2 is 1.62 bits per heavy atom. The molecular weight excluding hydrogens is 504 g/mol. The molecule has 40 heavy (non-hydrogen) atoms. The summed E-state index contributed by atoms with van der Waals surface area (Å²) in [4.78, 5) is 25.4. The Labute approximate surface area is 240 Å². The molecule has 0 saturated carbocycles. The summed E-state index contributed by atoms with van der Waals surface area (Å²) >= 11 is 0. The smallest absolute Gasteiger partial charge is 0.267 e. The van der Waals surface area contributed by atoms with Crippen molar-refractivity contribution < 1.29 is 18.5 Å². The number of aromatic nitrogens is 3. The van der Waals surface area contributed by atoms with Gasteiger partial charge in [-0.2, -0.15) is 9.49 Å². The molecule has 1 aromatic carbocycles. The second-order valence-corrected chi connectivity index (χ2v) is 13.9. The van der Waals surface area contributed by atoms with Gasteiger partial charge in [-0.05, 0) is 17.9 Å². The minimum atomic E-state index is -0.669. The molecule has 3 aromatic rings. The van der Waals surface area contributed by atoms with Crippen LogP contribution in [0.3, 0.4) is 0 Å². The standard InChI is InChI=1S/C24H37B6FN6O3/c1-10(19(39)34-20-15(31)13(36-40-20)9-22(2,3)4)11-5-7-12(8-6-11)16-14(18(33)38)17(32)37(35-16)21(23(25,26)27)24(28,29)30/h5-8,10,21H,9,25-30,32H2,1-4H3,(H2,33,38)(H,34,39). The molecule has 1 atom stereocenters. The zero-order valence-electron chi connectivity index (χ0n) is 25.3. The van der Waals surface area contributed by atoms with Gasteiger partial charge in [0.05, 0.1) is 53.0 Å². The largest absolute Gasteiger partial charge is 0.383 e. The number of nitrogens with zero attached hydrogens (tertiary/aromatic N) is 3. The second-order valence-electron chi connectivity index (χ2n) is 13.9. The van der Waals surface area contributed by atoms with Gasteiger partial charge in [0.25, 0.3) is 11.8 Å². The highest BCUT2D eigenvalue weighted by molar-refractivity contribution is 6.64. The predicted molar refractivity (Wildman–Crippen MR) is 173 cm³/mol. The maximum absolute atomic E-state index is 14.7. The van der Waals surface area contributed by atoms with Crippen LogP contribution in [-0.2, 0) is 11.2 Å². The van der Waals surface area contributed by atoms with Crippen LogP contribution in [0.5, 0.6) is 0 Å². The molecule has 5 N–H and O–H groups in total. The zero-order chi connectivity index (χ0) is 30.4. The highest BCUT2D eigenvalue weighted by atomic mass is 19.1. The SMILES string of the molecule is BC(B)(B)C(n1nc(-c2ccc(C(C)C(=O)Nc3onc(CC(C)(C)C)c3F)cc2)c(C(N)=O)c1N)C(B)(B)B. The van der Waals surface area contributed by atoms with E-state index in [0.29, 0.717) is 23.2 Å². The van der Waals surface area contributed by atoms with E-state index in [1.54, 1.807) is 35.9 Å². The Morgan fingerprint density at radius 3 is 2.10 bits per heavy atom. The predicted octanol–water partition coefficient (Wildman–Crippen LogP) is -1.82. The molecule has 0 bridgehead atoms. The van der Waals surface area contributed by atoms with Gasteiger partial charge in [0, 0.05) is 18.0 Å². The molecule has 0 spiro atoms. The molecule has 0 aliphatic carbocycles. The summed E-state index contributed by atoms with van der Waals surface area (Å²) in [5.41, 5.74) is 14.0. The Morgan fingerprint density at radius 1 is 1.07 bits per heavy atom. The van der Waals surface area contributed by atoms with Crippen molar-refractivity contribution >= 4 is 70.6 Å². The number of primary amides is 1. The molecule has 2 amide bonds. The van der Waals surface area contributed by atoms with Gasteiger partial charge in [-0.15, -0.1) is 0 Å². The Balaban J connectivity index is 1.90. The third-order valence-corrected chi connectivity index (χ3v) is 6.79. The van der Waals surface area contributed by atoms with Crippen molar-refractivity contribution in [2.24, 2.45) is 11.1 Å². The van der Waals surface area contributed by atoms with Crippen LogP contribution in [0.4, 0.5) is 16.1 Å². The lowest BCUT2D eigenvalue weighted by Gasteiger charge is -2.42.